The van der Waals surface area contributed by atoms with E-state index in [4.69, 9.17) is 9.84 Å². The van der Waals surface area contributed by atoms with Gasteiger partial charge in [0.25, 0.3) is 0 Å². The smallest absolute Gasteiger partial charge is 0.317 e. The first-order valence-electron chi connectivity index (χ1n) is 8.61. The third kappa shape index (κ3) is 5.16. The quantitative estimate of drug-likeness (QED) is 0.820. The summed E-state index contributed by atoms with van der Waals surface area (Å²) in [5, 5.41) is 13.2. The van der Waals surface area contributed by atoms with Crippen LogP contribution in [0.3, 0.4) is 0 Å². The first kappa shape index (κ1) is 19.1. The molecule has 1 aromatic rings. The highest BCUT2D eigenvalue weighted by molar-refractivity contribution is 7.11. The van der Waals surface area contributed by atoms with E-state index in [1.54, 1.807) is 16.2 Å². The number of carbonyl (C=O) groups is 1. The summed E-state index contributed by atoms with van der Waals surface area (Å²) in [6.07, 6.45) is 2.14. The van der Waals surface area contributed by atoms with Crippen molar-refractivity contribution in [3.05, 3.63) is 15.6 Å². The second-order valence-corrected chi connectivity index (χ2v) is 8.13. The Bertz CT molecular complexity index is 559. The number of urea groups is 1. The Morgan fingerprint density at radius 3 is 2.92 bits per heavy atom. The van der Waals surface area contributed by atoms with Crippen LogP contribution in [0.2, 0.25) is 0 Å². The van der Waals surface area contributed by atoms with Gasteiger partial charge in [0.1, 0.15) is 0 Å². The summed E-state index contributed by atoms with van der Waals surface area (Å²) >= 11 is 1.71. The molecule has 2 heterocycles. The zero-order valence-corrected chi connectivity index (χ0v) is 15.9. The molecule has 0 radical (unpaired) electrons. The number of carbonyl (C=O) groups excluding carboxylic acids is 1. The number of aliphatic hydroxyl groups excluding tert-OH is 1. The number of aryl methyl sites for hydroxylation is 2. The molecule has 136 valence electrons. The Morgan fingerprint density at radius 2 is 2.29 bits per heavy atom. The van der Waals surface area contributed by atoms with E-state index in [9.17, 15) is 4.79 Å². The van der Waals surface area contributed by atoms with Gasteiger partial charge in [-0.1, -0.05) is 6.92 Å². The summed E-state index contributed by atoms with van der Waals surface area (Å²) in [4.78, 5) is 20.1. The van der Waals surface area contributed by atoms with E-state index in [-0.39, 0.29) is 18.7 Å². The number of hydrogen-bond acceptors (Lipinski definition) is 5. The molecule has 0 aliphatic carbocycles. The molecule has 1 aliphatic rings. The lowest BCUT2D eigenvalue weighted by Gasteiger charge is -2.42. The SMILES string of the molecule is CCc1nc(CCNC(=O)N2CC(CCO)OC(C)(C)C2)sc1C. The predicted molar refractivity (Wildman–Crippen MR) is 95.6 cm³/mol. The zero-order valence-electron chi connectivity index (χ0n) is 15.1. The number of hydrogen-bond donors (Lipinski definition) is 2. The highest BCUT2D eigenvalue weighted by Gasteiger charge is 2.35. The lowest BCUT2D eigenvalue weighted by molar-refractivity contribution is -0.129. The predicted octanol–water partition coefficient (Wildman–Crippen LogP) is 2.13. The largest absolute Gasteiger partial charge is 0.396 e. The van der Waals surface area contributed by atoms with E-state index in [1.165, 1.54) is 4.88 Å². The second-order valence-electron chi connectivity index (χ2n) is 6.84. The van der Waals surface area contributed by atoms with Gasteiger partial charge in [-0.25, -0.2) is 9.78 Å². The Kier molecular flexibility index (Phi) is 6.60. The minimum absolute atomic E-state index is 0.0688. The Balaban J connectivity index is 1.84. The van der Waals surface area contributed by atoms with Gasteiger partial charge in [-0.2, -0.15) is 0 Å². The molecule has 7 heteroatoms. The summed E-state index contributed by atoms with van der Waals surface area (Å²) in [7, 11) is 0. The van der Waals surface area contributed by atoms with Gasteiger partial charge in [-0.05, 0) is 33.6 Å². The van der Waals surface area contributed by atoms with Crippen molar-refractivity contribution < 1.29 is 14.6 Å². The fourth-order valence-electron chi connectivity index (χ4n) is 3.06. The second kappa shape index (κ2) is 8.27. The maximum Gasteiger partial charge on any atom is 0.317 e. The van der Waals surface area contributed by atoms with Crippen LogP contribution in [-0.2, 0) is 17.6 Å². The number of amides is 2. The molecule has 6 nitrogen and oxygen atoms in total. The molecule has 2 N–H and O–H groups in total. The number of thiazole rings is 1. The molecule has 1 aromatic heterocycles. The Morgan fingerprint density at radius 1 is 1.54 bits per heavy atom. The van der Waals surface area contributed by atoms with Crippen LogP contribution < -0.4 is 5.32 Å². The summed E-state index contributed by atoms with van der Waals surface area (Å²) in [5.41, 5.74) is 0.765. The monoisotopic (exact) mass is 355 g/mol. The van der Waals surface area contributed by atoms with E-state index in [0.29, 0.717) is 26.1 Å². The number of aliphatic hydroxyl groups is 1. The molecule has 1 aliphatic heterocycles. The number of aromatic nitrogens is 1. The zero-order chi connectivity index (χ0) is 17.7. The molecule has 0 spiro atoms. The van der Waals surface area contributed by atoms with E-state index in [1.807, 2.05) is 13.8 Å². The average Bonchev–Trinajstić information content (AvgIpc) is 2.86. The Hall–Kier alpha value is -1.18. The van der Waals surface area contributed by atoms with Gasteiger partial charge in [0.05, 0.1) is 29.0 Å². The Labute approximate surface area is 148 Å². The molecule has 0 aromatic carbocycles. The van der Waals surface area contributed by atoms with E-state index >= 15 is 0 Å². The molecule has 2 amide bonds. The molecule has 1 atom stereocenters. The normalized spacial score (nSPS) is 20.2. The van der Waals surface area contributed by atoms with Crippen molar-refractivity contribution in [1.29, 1.82) is 0 Å². The highest BCUT2D eigenvalue weighted by Crippen LogP contribution is 2.22. The third-order valence-corrected chi connectivity index (χ3v) is 5.18. The van der Waals surface area contributed by atoms with Crippen LogP contribution >= 0.6 is 11.3 Å². The maximum atomic E-state index is 12.4. The summed E-state index contributed by atoms with van der Waals surface area (Å²) in [6.45, 7) is 9.87. The van der Waals surface area contributed by atoms with Crippen molar-refractivity contribution >= 4 is 17.4 Å². The molecular weight excluding hydrogens is 326 g/mol. The van der Waals surface area contributed by atoms with Crippen LogP contribution in [0.4, 0.5) is 4.79 Å². The molecule has 0 bridgehead atoms. The van der Waals surface area contributed by atoms with Crippen LogP contribution in [0.25, 0.3) is 0 Å². The van der Waals surface area contributed by atoms with Crippen LogP contribution in [0, 0.1) is 6.92 Å². The van der Waals surface area contributed by atoms with Crippen LogP contribution in [0.5, 0.6) is 0 Å². The number of nitrogens with zero attached hydrogens (tertiary/aromatic N) is 2. The molecule has 24 heavy (non-hydrogen) atoms. The van der Waals surface area contributed by atoms with Crippen LogP contribution in [-0.4, -0.2) is 59.0 Å². The van der Waals surface area contributed by atoms with Crippen molar-refractivity contribution in [3.63, 3.8) is 0 Å². The average molecular weight is 356 g/mol. The van der Waals surface area contributed by atoms with Gasteiger partial charge in [0.15, 0.2) is 0 Å². The van der Waals surface area contributed by atoms with Gasteiger partial charge in [-0.3, -0.25) is 0 Å². The highest BCUT2D eigenvalue weighted by atomic mass is 32.1. The number of nitrogens with one attached hydrogen (secondary N) is 1. The minimum atomic E-state index is -0.391. The van der Waals surface area contributed by atoms with Crippen molar-refractivity contribution in [2.45, 2.75) is 58.7 Å². The van der Waals surface area contributed by atoms with Crippen LogP contribution in [0.1, 0.15) is 42.8 Å². The maximum absolute atomic E-state index is 12.4. The lowest BCUT2D eigenvalue weighted by Crippen LogP contribution is -2.57. The summed E-state index contributed by atoms with van der Waals surface area (Å²) < 4.78 is 5.91. The standard InChI is InChI=1S/C17H29N3O3S/c1-5-14-12(2)24-15(19-14)6-8-18-16(22)20-10-13(7-9-21)23-17(3,4)11-20/h13,21H,5-11H2,1-4H3,(H,18,22). The molecule has 2 rings (SSSR count). The van der Waals surface area contributed by atoms with Gasteiger partial charge < -0.3 is 20.1 Å². The fourth-order valence-corrected chi connectivity index (χ4v) is 4.08. The van der Waals surface area contributed by atoms with Crippen LogP contribution in [0.15, 0.2) is 0 Å². The number of morpholine rings is 1. The van der Waals surface area contributed by atoms with Crippen molar-refractivity contribution in [1.82, 2.24) is 15.2 Å². The van der Waals surface area contributed by atoms with E-state index < -0.39 is 5.60 Å². The lowest BCUT2D eigenvalue weighted by atomic mass is 10.0. The van der Waals surface area contributed by atoms with Gasteiger partial charge in [0, 0.05) is 31.0 Å². The van der Waals surface area contributed by atoms with Crippen molar-refractivity contribution in [2.75, 3.05) is 26.2 Å². The topological polar surface area (TPSA) is 74.7 Å². The molecule has 1 fully saturated rings. The van der Waals surface area contributed by atoms with Crippen molar-refractivity contribution in [3.8, 4) is 0 Å². The van der Waals surface area contributed by atoms with Crippen molar-refractivity contribution in [2.24, 2.45) is 0 Å². The van der Waals surface area contributed by atoms with E-state index in [2.05, 4.69) is 24.1 Å². The minimum Gasteiger partial charge on any atom is -0.396 e. The first-order chi connectivity index (χ1) is 11.3. The van der Waals surface area contributed by atoms with Gasteiger partial charge in [0.2, 0.25) is 0 Å². The molecule has 1 unspecified atom stereocenters. The number of ether oxygens (including phenoxy) is 1. The molecular formula is C17H29N3O3S. The van der Waals surface area contributed by atoms with E-state index in [0.717, 1.165) is 23.5 Å². The third-order valence-electron chi connectivity index (χ3n) is 4.11. The van der Waals surface area contributed by atoms with Gasteiger partial charge in [-0.15, -0.1) is 11.3 Å². The molecule has 0 saturated carbocycles. The van der Waals surface area contributed by atoms with Gasteiger partial charge >= 0.3 is 6.03 Å². The first-order valence-corrected chi connectivity index (χ1v) is 9.43. The molecule has 1 saturated heterocycles. The number of rotatable bonds is 6. The summed E-state index contributed by atoms with van der Waals surface area (Å²) in [6, 6.07) is -0.0710. The fraction of sp³-hybridized carbons (Fsp3) is 0.765. The summed E-state index contributed by atoms with van der Waals surface area (Å²) in [5.74, 6) is 0.